The van der Waals surface area contributed by atoms with Crippen LogP contribution in [0.1, 0.15) is 123 Å². The van der Waals surface area contributed by atoms with E-state index in [0.29, 0.717) is 23.9 Å². The van der Waals surface area contributed by atoms with Crippen LogP contribution in [0, 0.1) is 0 Å². The Hall–Kier alpha value is -0.990. The number of phosphoric ester groups is 1. The van der Waals surface area contributed by atoms with Crippen molar-refractivity contribution < 1.29 is 42.1 Å². The average Bonchev–Trinajstić information content (AvgIpc) is 2.86. The van der Waals surface area contributed by atoms with Gasteiger partial charge in [0.15, 0.2) is 6.10 Å². The number of carbonyl (C=O) groups excluding carboxylic acids is 2. The highest BCUT2D eigenvalue weighted by Gasteiger charge is 2.21. The summed E-state index contributed by atoms with van der Waals surface area (Å²) in [6.07, 6.45) is 16.7. The third-order valence-corrected chi connectivity index (χ3v) is 7.34. The fourth-order valence-electron chi connectivity index (χ4n) is 3.87. The molecule has 9 nitrogen and oxygen atoms in total. The Morgan fingerprint density at radius 3 is 1.69 bits per heavy atom. The van der Waals surface area contributed by atoms with Gasteiger partial charge in [-0.25, -0.2) is 0 Å². The molecule has 0 spiro atoms. The van der Waals surface area contributed by atoms with Gasteiger partial charge in [-0.2, -0.15) is 0 Å². The Kier molecular flexibility index (Phi) is 23.1. The third kappa shape index (κ3) is 27.0. The topological polar surface area (TPSA) is 111 Å². The predicted molar refractivity (Wildman–Crippen MR) is 153 cm³/mol. The van der Waals surface area contributed by atoms with Crippen LogP contribution in [0.5, 0.6) is 0 Å². The molecule has 0 heterocycles. The number of unbranched alkanes of at least 4 members (excludes halogenated alkanes) is 13. The van der Waals surface area contributed by atoms with Crippen molar-refractivity contribution in [1.82, 2.24) is 0 Å². The molecular formula is C29H58NO8P. The molecule has 0 radical (unpaired) electrons. The molecule has 0 aromatic carbocycles. The van der Waals surface area contributed by atoms with Crippen molar-refractivity contribution in [3.8, 4) is 0 Å². The smallest absolute Gasteiger partial charge is 0.306 e. The van der Waals surface area contributed by atoms with Crippen molar-refractivity contribution in [1.29, 1.82) is 0 Å². The molecule has 0 aliphatic rings. The van der Waals surface area contributed by atoms with Gasteiger partial charge in [0, 0.05) is 12.8 Å². The second-order valence-electron chi connectivity index (χ2n) is 11.5. The lowest BCUT2D eigenvalue weighted by atomic mass is 10.0. The van der Waals surface area contributed by atoms with E-state index in [1.807, 2.05) is 28.1 Å². The predicted octanol–water partition coefficient (Wildman–Crippen LogP) is 6.32. The lowest BCUT2D eigenvalue weighted by Gasteiger charge is -2.28. The van der Waals surface area contributed by atoms with Crippen molar-refractivity contribution in [3.63, 3.8) is 0 Å². The first-order valence-electron chi connectivity index (χ1n) is 15.2. The van der Waals surface area contributed by atoms with Gasteiger partial charge in [-0.05, 0) is 12.8 Å². The van der Waals surface area contributed by atoms with Gasteiger partial charge < -0.3 is 27.9 Å². The van der Waals surface area contributed by atoms with Crippen molar-refractivity contribution >= 4 is 19.8 Å². The van der Waals surface area contributed by atoms with Crippen LogP contribution < -0.4 is 4.89 Å². The van der Waals surface area contributed by atoms with E-state index in [4.69, 9.17) is 18.5 Å². The van der Waals surface area contributed by atoms with Gasteiger partial charge >= 0.3 is 11.9 Å². The van der Waals surface area contributed by atoms with E-state index in [1.165, 1.54) is 64.2 Å². The number of esters is 2. The van der Waals surface area contributed by atoms with E-state index in [2.05, 4.69) is 6.92 Å². The highest BCUT2D eigenvalue weighted by molar-refractivity contribution is 7.45. The summed E-state index contributed by atoms with van der Waals surface area (Å²) in [5.74, 6) is -0.873. The summed E-state index contributed by atoms with van der Waals surface area (Å²) in [6.45, 7) is 3.93. The van der Waals surface area contributed by atoms with Crippen molar-refractivity contribution in [3.05, 3.63) is 0 Å². The van der Waals surface area contributed by atoms with Crippen LogP contribution in [0.25, 0.3) is 0 Å². The van der Waals surface area contributed by atoms with E-state index < -0.39 is 32.5 Å². The maximum absolute atomic E-state index is 12.4. The summed E-state index contributed by atoms with van der Waals surface area (Å²) in [5, 5.41) is 0. The van der Waals surface area contributed by atoms with Gasteiger partial charge in [0.05, 0.1) is 27.7 Å². The molecule has 0 amide bonds. The molecular weight excluding hydrogens is 521 g/mol. The fourth-order valence-corrected chi connectivity index (χ4v) is 4.59. The van der Waals surface area contributed by atoms with Crippen molar-refractivity contribution in [2.24, 2.45) is 0 Å². The number of nitrogens with zero attached hydrogens (tertiary/aromatic N) is 1. The molecule has 0 aliphatic carbocycles. The number of hydrogen-bond acceptors (Lipinski definition) is 8. The molecule has 2 unspecified atom stereocenters. The van der Waals surface area contributed by atoms with E-state index >= 15 is 0 Å². The van der Waals surface area contributed by atoms with Crippen LogP contribution in [0.2, 0.25) is 0 Å². The first-order valence-corrected chi connectivity index (χ1v) is 16.7. The summed E-state index contributed by atoms with van der Waals surface area (Å²) in [7, 11) is 1.17. The van der Waals surface area contributed by atoms with E-state index in [9.17, 15) is 19.0 Å². The quantitative estimate of drug-likeness (QED) is 0.0481. The molecule has 0 bridgehead atoms. The third-order valence-electron chi connectivity index (χ3n) is 6.38. The van der Waals surface area contributed by atoms with Gasteiger partial charge in [0.25, 0.3) is 7.82 Å². The number of quaternary nitrogens is 1. The molecule has 0 aliphatic heterocycles. The van der Waals surface area contributed by atoms with E-state index in [0.717, 1.165) is 19.3 Å². The minimum Gasteiger partial charge on any atom is -0.756 e. The summed E-state index contributed by atoms with van der Waals surface area (Å²) in [5.41, 5.74) is 0. The van der Waals surface area contributed by atoms with E-state index in [1.54, 1.807) is 0 Å². The van der Waals surface area contributed by atoms with Crippen LogP contribution >= 0.6 is 7.82 Å². The minimum absolute atomic E-state index is 0.0280. The second kappa shape index (κ2) is 23.7. The van der Waals surface area contributed by atoms with Crippen molar-refractivity contribution in [2.45, 2.75) is 129 Å². The van der Waals surface area contributed by atoms with Gasteiger partial charge in [-0.3, -0.25) is 14.2 Å². The standard InChI is InChI=1S/C29H58NO8P/c1-6-8-10-11-12-13-14-15-16-17-18-19-20-22-29(32)38-27(25-35-28(31)21-9-7-2)26-37-39(33,34)36-24-23-30(3,4)5/h27H,6-26H2,1-5H3. The fraction of sp³-hybridized carbons (Fsp3) is 0.931. The Bertz CT molecular complexity index is 668. The number of rotatable bonds is 27. The molecule has 0 aromatic rings. The van der Waals surface area contributed by atoms with Crippen molar-refractivity contribution in [2.75, 3.05) is 47.5 Å². The lowest BCUT2D eigenvalue weighted by Crippen LogP contribution is -2.37. The maximum Gasteiger partial charge on any atom is 0.306 e. The van der Waals surface area contributed by atoms with Crippen LogP contribution in [0.15, 0.2) is 0 Å². The first kappa shape index (κ1) is 38.0. The van der Waals surface area contributed by atoms with Gasteiger partial charge in [-0.15, -0.1) is 0 Å². The number of likely N-dealkylation sites (N-methyl/N-ethyl adjacent to an activating group) is 1. The molecule has 10 heteroatoms. The molecule has 0 rings (SSSR count). The second-order valence-corrected chi connectivity index (χ2v) is 12.9. The molecule has 0 N–H and O–H groups in total. The Morgan fingerprint density at radius 2 is 1.18 bits per heavy atom. The number of ether oxygens (including phenoxy) is 2. The Balaban J connectivity index is 4.30. The van der Waals surface area contributed by atoms with Gasteiger partial charge in [0.2, 0.25) is 0 Å². The largest absolute Gasteiger partial charge is 0.756 e. The maximum atomic E-state index is 12.4. The molecule has 0 saturated heterocycles. The van der Waals surface area contributed by atoms with Crippen LogP contribution in [-0.4, -0.2) is 70.0 Å². The molecule has 39 heavy (non-hydrogen) atoms. The zero-order chi connectivity index (χ0) is 29.4. The van der Waals surface area contributed by atoms with E-state index in [-0.39, 0.29) is 26.1 Å². The zero-order valence-electron chi connectivity index (χ0n) is 25.6. The average molecular weight is 580 g/mol. The lowest BCUT2D eigenvalue weighted by molar-refractivity contribution is -0.870. The van der Waals surface area contributed by atoms with Crippen LogP contribution in [0.4, 0.5) is 0 Å². The summed E-state index contributed by atoms with van der Waals surface area (Å²) in [6, 6.07) is 0. The monoisotopic (exact) mass is 579 g/mol. The highest BCUT2D eigenvalue weighted by Crippen LogP contribution is 2.38. The number of hydrogen-bond donors (Lipinski definition) is 0. The highest BCUT2D eigenvalue weighted by atomic mass is 31.2. The first-order chi connectivity index (χ1) is 18.5. The molecule has 2 atom stereocenters. The molecule has 232 valence electrons. The Labute approximate surface area is 238 Å². The molecule has 0 saturated carbocycles. The van der Waals surface area contributed by atoms with Crippen LogP contribution in [-0.2, 0) is 32.7 Å². The SMILES string of the molecule is CCCCCCCCCCCCCCCC(=O)OC(COC(=O)CCCC)COP(=O)([O-])OCC[N+](C)(C)C. The molecule has 0 fully saturated rings. The normalized spacial score (nSPS) is 14.1. The minimum atomic E-state index is -4.58. The number of phosphoric acid groups is 1. The molecule has 0 aromatic heterocycles. The summed E-state index contributed by atoms with van der Waals surface area (Å²) < 4.78 is 33.1. The van der Waals surface area contributed by atoms with Gasteiger partial charge in [-0.1, -0.05) is 97.3 Å². The number of carbonyl (C=O) groups is 2. The zero-order valence-corrected chi connectivity index (χ0v) is 26.5. The summed E-state index contributed by atoms with van der Waals surface area (Å²) >= 11 is 0. The Morgan fingerprint density at radius 1 is 0.692 bits per heavy atom. The van der Waals surface area contributed by atoms with Crippen LogP contribution in [0.3, 0.4) is 0 Å². The van der Waals surface area contributed by atoms with Gasteiger partial charge in [0.1, 0.15) is 19.8 Å². The summed E-state index contributed by atoms with van der Waals surface area (Å²) in [4.78, 5) is 36.4.